The van der Waals surface area contributed by atoms with E-state index in [9.17, 15) is 10.5 Å². The first-order valence-corrected chi connectivity index (χ1v) is 61.1. The number of nitrogens with zero attached hydrogens (tertiary/aromatic N) is 10. The number of Topliss-reactive ketones (excluding diaryl/α,β-unsaturated/α-hetero) is 2. The highest BCUT2D eigenvalue weighted by Crippen LogP contribution is 2.57. The highest BCUT2D eigenvalue weighted by atomic mass is 32.1. The van der Waals surface area contributed by atoms with Crippen molar-refractivity contribution in [1.29, 1.82) is 10.5 Å². The minimum Gasteiger partial charge on any atom is -0.337 e. The minimum absolute atomic E-state index is 0.0505. The summed E-state index contributed by atoms with van der Waals surface area (Å²) in [4.78, 5) is 55.2. The Morgan fingerprint density at radius 3 is 1.11 bits per heavy atom. The second-order valence-corrected chi connectivity index (χ2v) is 48.2. The molecule has 13 aromatic rings. The molecule has 19 heteroatoms. The van der Waals surface area contributed by atoms with Crippen LogP contribution in [0.4, 0.5) is 11.4 Å². The monoisotopic (exact) mass is 2040 g/mol. The van der Waals surface area contributed by atoms with Gasteiger partial charge in [-0.3, -0.25) is 19.6 Å². The zero-order chi connectivity index (χ0) is 99.8. The summed E-state index contributed by atoms with van der Waals surface area (Å²) in [5.74, 6) is 0.456. The molecule has 0 N–H and O–H groups in total. The lowest BCUT2D eigenvalue weighted by Gasteiger charge is -2.22. The van der Waals surface area contributed by atoms with Crippen molar-refractivity contribution in [3.05, 3.63) is 194 Å². The van der Waals surface area contributed by atoms with Crippen LogP contribution in [-0.4, -0.2) is 41.9 Å². The highest BCUT2D eigenvalue weighted by Gasteiger charge is 2.39. The molecule has 2 unspecified atom stereocenters. The molecule has 0 radical (unpaired) electrons. The minimum atomic E-state index is -0.167. The molecule has 2 aliphatic carbocycles. The maximum atomic E-state index is 15.9. The zero-order valence-electron chi connectivity index (χ0n) is 86.9. The van der Waals surface area contributed by atoms with Gasteiger partial charge in [-0.1, -0.05) is 354 Å². The Morgan fingerprint density at radius 1 is 0.385 bits per heavy atom. The topological polar surface area (TPSA) is 151 Å². The van der Waals surface area contributed by atoms with Crippen LogP contribution in [0.25, 0.3) is 116 Å². The van der Waals surface area contributed by atoms with Gasteiger partial charge in [-0.15, -0.1) is 68.0 Å². The molecule has 143 heavy (non-hydrogen) atoms. The van der Waals surface area contributed by atoms with Crippen LogP contribution < -0.4 is 0 Å². The van der Waals surface area contributed by atoms with Crippen molar-refractivity contribution in [2.75, 3.05) is 0 Å². The number of hydrogen-bond acceptors (Lipinski definition) is 15. The summed E-state index contributed by atoms with van der Waals surface area (Å²) in [6.07, 6.45) is 71.0. The van der Waals surface area contributed by atoms with Crippen molar-refractivity contribution in [2.24, 2.45) is 21.8 Å². The van der Waals surface area contributed by atoms with Gasteiger partial charge in [-0.25, -0.2) is 20.2 Å². The summed E-state index contributed by atoms with van der Waals surface area (Å²) < 4.78 is 24.6. The second kappa shape index (κ2) is 55.4. The van der Waals surface area contributed by atoms with E-state index in [0.29, 0.717) is 56.4 Å². The van der Waals surface area contributed by atoms with Crippen LogP contribution >= 0.6 is 79.7 Å². The number of ketones is 2. The molecule has 0 saturated carbocycles. The van der Waals surface area contributed by atoms with Gasteiger partial charge in [0.25, 0.3) is 11.4 Å². The summed E-state index contributed by atoms with van der Waals surface area (Å²) in [6.45, 7) is 37.0. The summed E-state index contributed by atoms with van der Waals surface area (Å²) in [5, 5.41) is 24.6. The zero-order valence-corrected chi connectivity index (χ0v) is 92.6. The molecule has 9 heterocycles. The van der Waals surface area contributed by atoms with Crippen LogP contribution in [0.15, 0.2) is 117 Å². The third-order valence-corrected chi connectivity index (χ3v) is 37.8. The fourth-order valence-electron chi connectivity index (χ4n) is 22.3. The van der Waals surface area contributed by atoms with Crippen molar-refractivity contribution in [3.8, 4) is 22.6 Å². The quantitative estimate of drug-likeness (QED) is 0.0122. The lowest BCUT2D eigenvalue weighted by Crippen LogP contribution is -2.14. The number of allylic oxidation sites excluding steroid dienone is 6. The first-order valence-electron chi connectivity index (χ1n) is 55.5. The van der Waals surface area contributed by atoms with Gasteiger partial charge in [-0.2, -0.15) is 8.75 Å². The van der Waals surface area contributed by atoms with E-state index in [1.165, 1.54) is 352 Å². The molecule has 9 aromatic heterocycles. The van der Waals surface area contributed by atoms with Crippen molar-refractivity contribution in [1.82, 2.24) is 17.9 Å². The van der Waals surface area contributed by atoms with Crippen LogP contribution in [-0.2, 0) is 25.9 Å². The number of hydrogen-bond donors (Lipinski definition) is 0. The molecule has 0 spiro atoms. The Hall–Kier alpha value is -9.38. The molecule has 2 atom stereocenters. The summed E-state index contributed by atoms with van der Waals surface area (Å²) in [7, 11) is 0. The van der Waals surface area contributed by atoms with Gasteiger partial charge in [0.1, 0.15) is 11.0 Å². The Morgan fingerprint density at radius 2 is 0.741 bits per heavy atom. The number of fused-ring (bicyclic) bond motifs is 16. The molecule has 0 bridgehead atoms. The van der Waals surface area contributed by atoms with E-state index >= 15 is 9.59 Å². The number of rotatable bonds is 63. The molecule has 0 fully saturated rings. The molecule has 752 valence electrons. The number of aryl methyl sites for hydroxylation is 4. The third-order valence-electron chi connectivity index (χ3n) is 30.2. The van der Waals surface area contributed by atoms with E-state index in [4.69, 9.17) is 31.9 Å². The Bertz CT molecular complexity index is 6790. The summed E-state index contributed by atoms with van der Waals surface area (Å²) >= 11 is 12.2. The fraction of sp³-hybridized carbons (Fsp3) is 0.516. The number of aliphatic imine (C=N–C) groups is 2. The normalized spacial score (nSPS) is 14.6. The average Bonchev–Trinajstić information content (AvgIpc) is 1.50. The fourth-order valence-corrected chi connectivity index (χ4v) is 30.4. The number of unbranched alkanes of at least 4 members (excludes halogenated alkanes) is 40. The van der Waals surface area contributed by atoms with Gasteiger partial charge in [-0.05, 0) is 178 Å². The highest BCUT2D eigenvalue weighted by molar-refractivity contribution is 7.35. The first kappa shape index (κ1) is 108. The van der Waals surface area contributed by atoms with Crippen LogP contribution in [0.2, 0.25) is 0 Å². The van der Waals surface area contributed by atoms with Gasteiger partial charge < -0.3 is 9.13 Å². The smallest absolute Gasteiger partial charge is 0.270 e. The standard InChI is InChI=1S/C124H152N10O2S7/c1-11-17-23-29-35-39-43-49-55-61-96-105(77-100-107(102(79-125)127-9)98-75-85(7)63-72-94(98)117(100)135)139-123-115-121(141-119(96)123)109-111-112(132-143-131-111)110-114(113(109)133(115)83-87(57-51-45-33-27-21-15-5)59-53-47-41-37-31-25-19-13-3)134(84-88(58-52-46-34-28-22-16-6)60-54-48-42-38-32-26-20-14-4)116-122(110)142-120-97(62-56-50-44-40-36-30-24-18-12-2)106(140-124(116)120)78-101-108(103(80-126)128-10)99-76-89(65-73-95(99)118(101)136)104-74-71-93(138-104)82-130-91-68-66-90(67-69-91)129-81-92-70-64-86(8)137-92/h63-78,81-82,87-88H,11-62,83-84H2,1-8H3/b100-77-,101-78-,107-102?,108-103+,129-81?,130-82?. The van der Waals surface area contributed by atoms with Gasteiger partial charge in [0.05, 0.1) is 98.7 Å². The van der Waals surface area contributed by atoms with Crippen molar-refractivity contribution >= 4 is 210 Å². The maximum Gasteiger partial charge on any atom is 0.270 e. The van der Waals surface area contributed by atoms with Crippen molar-refractivity contribution in [2.45, 2.75) is 402 Å². The maximum absolute atomic E-state index is 15.9. The number of carbonyl (C=O) groups is 2. The Labute approximate surface area is 881 Å². The van der Waals surface area contributed by atoms with Gasteiger partial charge in [0.15, 0.2) is 11.6 Å². The van der Waals surface area contributed by atoms with Crippen LogP contribution in [0.5, 0.6) is 0 Å². The molecule has 12 nitrogen and oxygen atoms in total. The number of carbonyl (C=O) groups excluding carboxylic acids is 2. The molecule has 0 saturated heterocycles. The van der Waals surface area contributed by atoms with E-state index in [2.05, 4.69) is 116 Å². The Balaban J connectivity index is 0.949. The molecule has 0 amide bonds. The van der Waals surface area contributed by atoms with E-state index in [1.807, 2.05) is 125 Å². The average molecular weight is 2040 g/mol. The molecule has 2 aliphatic rings. The largest absolute Gasteiger partial charge is 0.337 e. The number of nitriles is 2. The van der Waals surface area contributed by atoms with E-state index in [1.54, 1.807) is 22.7 Å². The molecule has 0 aliphatic heterocycles. The van der Waals surface area contributed by atoms with Gasteiger partial charge in [0.2, 0.25) is 0 Å². The Kier molecular flexibility index (Phi) is 41.8. The number of thiophene rings is 6. The second-order valence-electron chi connectivity index (χ2n) is 41.1. The van der Waals surface area contributed by atoms with Crippen molar-refractivity contribution in [3.63, 3.8) is 0 Å². The van der Waals surface area contributed by atoms with E-state index in [0.717, 1.165) is 142 Å². The SMILES string of the molecule is [C-]#[N+]C(C#N)=C1/C(=C/c2sc3c(sc4c5c6nsnc6c6c7sc8c(CCCCCCCCCCC)c(/C=C9\C(=O)c%10ccc(-c%11ccc(C=Nc%12ccc(N=Cc%13ccc(C)s%13)cc%12)s%11)cc%10\C9=C(\C#N)[N+]#[C-])sc8c7n(CC(CCCCCCCC)CCCCCCCCCC)c6c5n(CC(CCCCCCCC)CCCCCCCCCC)c34)c2CCCCCCCCCCC)C(=O)c2ccc(C)cc21. The van der Waals surface area contributed by atoms with Crippen LogP contribution in [0, 0.1) is 61.5 Å². The summed E-state index contributed by atoms with van der Waals surface area (Å²) in [5.41, 5.74) is 17.0. The summed E-state index contributed by atoms with van der Waals surface area (Å²) in [6, 6.07) is 32.8. The number of aromatic nitrogens is 4. The number of benzene rings is 4. The van der Waals surface area contributed by atoms with Gasteiger partial charge in [0, 0.05) is 99.0 Å². The molecule has 15 rings (SSSR count). The molecular formula is C124H152N10O2S7. The predicted octanol–water partition coefficient (Wildman–Crippen LogP) is 41.2. The lowest BCUT2D eigenvalue weighted by atomic mass is 9.93. The third kappa shape index (κ3) is 26.8. The van der Waals surface area contributed by atoms with Gasteiger partial charge >= 0.3 is 0 Å². The molecular weight excluding hydrogens is 1890 g/mol. The predicted molar refractivity (Wildman–Crippen MR) is 623 cm³/mol. The van der Waals surface area contributed by atoms with Crippen LogP contribution in [0.3, 0.4) is 0 Å². The first-order chi connectivity index (χ1) is 70.3. The van der Waals surface area contributed by atoms with E-state index < -0.39 is 0 Å². The lowest BCUT2D eigenvalue weighted by molar-refractivity contribution is 0.103. The van der Waals surface area contributed by atoms with Crippen molar-refractivity contribution < 1.29 is 9.59 Å². The van der Waals surface area contributed by atoms with E-state index in [-0.39, 0.29) is 23.0 Å². The van der Waals surface area contributed by atoms with Crippen LogP contribution in [0.1, 0.15) is 436 Å². The molecule has 4 aromatic carbocycles.